The van der Waals surface area contributed by atoms with Crippen molar-refractivity contribution >= 4 is 33.6 Å². The van der Waals surface area contributed by atoms with Gasteiger partial charge in [-0.2, -0.15) is 4.31 Å². The summed E-state index contributed by atoms with van der Waals surface area (Å²) in [7, 11) is -1.94. The first-order valence-electron chi connectivity index (χ1n) is 9.38. The first-order valence-corrected chi connectivity index (χ1v) is 12.0. The Morgan fingerprint density at radius 1 is 1.21 bits per heavy atom. The quantitative estimate of drug-likeness (QED) is 0.779. The van der Waals surface area contributed by atoms with Crippen molar-refractivity contribution in [3.63, 3.8) is 0 Å². The maximum atomic E-state index is 13.1. The lowest BCUT2D eigenvalue weighted by molar-refractivity contribution is -0.125. The minimum Gasteiger partial charge on any atom is -0.350 e. The molecule has 1 unspecified atom stereocenters. The summed E-state index contributed by atoms with van der Waals surface area (Å²) in [4.78, 5) is 27.4. The number of carbonyl (C=O) groups is 2. The predicted molar refractivity (Wildman–Crippen MR) is 109 cm³/mol. The lowest BCUT2D eigenvalue weighted by atomic mass is 10.1. The van der Waals surface area contributed by atoms with E-state index in [1.807, 2.05) is 20.8 Å². The van der Waals surface area contributed by atoms with Crippen molar-refractivity contribution in [1.29, 1.82) is 0 Å². The second kappa shape index (κ2) is 7.72. The van der Waals surface area contributed by atoms with Gasteiger partial charge in [0.1, 0.15) is 16.6 Å². The van der Waals surface area contributed by atoms with Crippen LogP contribution in [0.1, 0.15) is 44.1 Å². The van der Waals surface area contributed by atoms with Gasteiger partial charge in [0.25, 0.3) is 5.91 Å². The highest BCUT2D eigenvalue weighted by Crippen LogP contribution is 2.27. The Kier molecular flexibility index (Phi) is 5.84. The van der Waals surface area contributed by atoms with Crippen LogP contribution in [0.4, 0.5) is 0 Å². The Hall–Kier alpha value is -1.52. The molecule has 0 radical (unpaired) electrons. The Labute approximate surface area is 170 Å². The first-order chi connectivity index (χ1) is 13.0. The number of hydrogen-bond acceptors (Lipinski definition) is 5. The van der Waals surface area contributed by atoms with Crippen LogP contribution in [0.3, 0.4) is 0 Å². The van der Waals surface area contributed by atoms with Crippen LogP contribution in [0, 0.1) is 0 Å². The van der Waals surface area contributed by atoms with E-state index >= 15 is 0 Å². The van der Waals surface area contributed by atoms with Gasteiger partial charge in [0.15, 0.2) is 0 Å². The zero-order valence-electron chi connectivity index (χ0n) is 16.8. The molecule has 0 bridgehead atoms. The van der Waals surface area contributed by atoms with E-state index in [9.17, 15) is 18.0 Å². The Morgan fingerprint density at radius 2 is 1.86 bits per heavy atom. The van der Waals surface area contributed by atoms with Crippen molar-refractivity contribution < 1.29 is 18.0 Å². The molecular formula is C18H28N4O4S2. The molecule has 1 aromatic rings. The molecule has 10 heteroatoms. The largest absolute Gasteiger partial charge is 0.350 e. The van der Waals surface area contributed by atoms with Crippen molar-refractivity contribution in [3.8, 4) is 0 Å². The molecule has 0 aromatic carbocycles. The van der Waals surface area contributed by atoms with E-state index in [2.05, 4.69) is 5.32 Å². The molecule has 2 aliphatic rings. The molecule has 2 fully saturated rings. The highest BCUT2D eigenvalue weighted by Gasteiger charge is 2.38. The second-order valence-electron chi connectivity index (χ2n) is 8.31. The van der Waals surface area contributed by atoms with E-state index in [4.69, 9.17) is 0 Å². The third kappa shape index (κ3) is 4.23. The number of carbonyl (C=O) groups excluding carboxylic acids is 2. The van der Waals surface area contributed by atoms with Crippen LogP contribution in [-0.2, 0) is 21.9 Å². The number of aryl methyl sites for hydroxylation is 1. The Balaban J connectivity index is 1.82. The minimum absolute atomic E-state index is 0.128. The van der Waals surface area contributed by atoms with Gasteiger partial charge in [0, 0.05) is 37.6 Å². The van der Waals surface area contributed by atoms with E-state index in [1.54, 1.807) is 7.05 Å². The summed E-state index contributed by atoms with van der Waals surface area (Å²) in [5.74, 6) is 0.409. The van der Waals surface area contributed by atoms with Gasteiger partial charge in [-0.05, 0) is 39.7 Å². The van der Waals surface area contributed by atoms with Crippen LogP contribution in [0.2, 0.25) is 0 Å². The maximum absolute atomic E-state index is 13.1. The lowest BCUT2D eigenvalue weighted by Crippen LogP contribution is -2.52. The molecule has 0 aliphatic carbocycles. The predicted octanol–water partition coefficient (Wildman–Crippen LogP) is 1.24. The normalized spacial score (nSPS) is 21.3. The van der Waals surface area contributed by atoms with Gasteiger partial charge >= 0.3 is 0 Å². The summed E-state index contributed by atoms with van der Waals surface area (Å²) in [5.41, 5.74) is -0.116. The van der Waals surface area contributed by atoms with E-state index in [0.29, 0.717) is 24.7 Å². The minimum atomic E-state index is -3.59. The number of amides is 2. The van der Waals surface area contributed by atoms with Crippen LogP contribution >= 0.6 is 11.8 Å². The molecule has 1 N–H and O–H groups in total. The number of thioether (sulfide) groups is 1. The number of nitrogens with one attached hydrogen (secondary N) is 1. The van der Waals surface area contributed by atoms with E-state index in [-0.39, 0.29) is 27.9 Å². The van der Waals surface area contributed by atoms with Gasteiger partial charge in [-0.3, -0.25) is 9.59 Å². The molecule has 1 aromatic heterocycles. The number of aromatic nitrogens is 1. The van der Waals surface area contributed by atoms with Crippen LogP contribution in [0.15, 0.2) is 17.2 Å². The van der Waals surface area contributed by atoms with E-state index in [0.717, 1.165) is 12.8 Å². The van der Waals surface area contributed by atoms with E-state index in [1.165, 1.54) is 37.8 Å². The molecule has 156 valence electrons. The van der Waals surface area contributed by atoms with E-state index < -0.39 is 16.1 Å². The van der Waals surface area contributed by atoms with Gasteiger partial charge in [-0.25, -0.2) is 8.42 Å². The van der Waals surface area contributed by atoms with Crippen LogP contribution in [0.5, 0.6) is 0 Å². The SMILES string of the molecule is Cn1cc(S(=O)(=O)N2CCCC2)cc1C(=O)N1CSCC1C(=O)NC(C)(C)C. The summed E-state index contributed by atoms with van der Waals surface area (Å²) in [6.45, 7) is 6.71. The summed E-state index contributed by atoms with van der Waals surface area (Å²) >= 11 is 1.51. The molecule has 2 saturated heterocycles. The third-order valence-corrected chi connectivity index (χ3v) is 7.72. The van der Waals surface area contributed by atoms with Gasteiger partial charge in [-0.15, -0.1) is 11.8 Å². The zero-order chi connectivity index (χ0) is 20.7. The standard InChI is InChI=1S/C18H28N4O4S2/c1-18(2,3)19-16(23)15-11-27-12-22(15)17(24)14-9-13(10-20(14)4)28(25,26)21-7-5-6-8-21/h9-10,15H,5-8,11-12H2,1-4H3,(H,19,23). The molecule has 0 saturated carbocycles. The summed E-state index contributed by atoms with van der Waals surface area (Å²) in [6.07, 6.45) is 3.19. The lowest BCUT2D eigenvalue weighted by Gasteiger charge is -2.27. The number of nitrogens with zero attached hydrogens (tertiary/aromatic N) is 3. The fourth-order valence-electron chi connectivity index (χ4n) is 3.43. The van der Waals surface area contributed by atoms with Gasteiger partial charge in [-0.1, -0.05) is 0 Å². The van der Waals surface area contributed by atoms with Gasteiger partial charge in [0.05, 0.1) is 5.88 Å². The Morgan fingerprint density at radius 3 is 2.46 bits per heavy atom. The molecule has 2 aliphatic heterocycles. The molecular weight excluding hydrogens is 400 g/mol. The van der Waals surface area contributed by atoms with Crippen molar-refractivity contribution in [3.05, 3.63) is 18.0 Å². The Bertz CT molecular complexity index is 867. The fourth-order valence-corrected chi connectivity index (χ4v) is 6.17. The molecule has 1 atom stereocenters. The van der Waals surface area contributed by atoms with Gasteiger partial charge < -0.3 is 14.8 Å². The number of sulfonamides is 1. The topological polar surface area (TPSA) is 91.7 Å². The number of hydrogen-bond donors (Lipinski definition) is 1. The van der Waals surface area contributed by atoms with Crippen molar-refractivity contribution in [2.75, 3.05) is 24.7 Å². The van der Waals surface area contributed by atoms with Crippen molar-refractivity contribution in [1.82, 2.24) is 19.1 Å². The van der Waals surface area contributed by atoms with Crippen LogP contribution < -0.4 is 5.32 Å². The van der Waals surface area contributed by atoms with Crippen molar-refractivity contribution in [2.45, 2.75) is 50.1 Å². The number of rotatable bonds is 4. The van der Waals surface area contributed by atoms with Crippen LogP contribution in [-0.4, -0.2) is 70.3 Å². The smallest absolute Gasteiger partial charge is 0.271 e. The maximum Gasteiger partial charge on any atom is 0.271 e. The van der Waals surface area contributed by atoms with Crippen LogP contribution in [0.25, 0.3) is 0 Å². The van der Waals surface area contributed by atoms with Crippen molar-refractivity contribution in [2.24, 2.45) is 7.05 Å². The summed E-state index contributed by atoms with van der Waals surface area (Å²) in [5, 5.41) is 2.92. The molecule has 2 amide bonds. The molecule has 3 rings (SSSR count). The molecule has 3 heterocycles. The highest BCUT2D eigenvalue weighted by molar-refractivity contribution is 7.99. The van der Waals surface area contributed by atoms with Gasteiger partial charge in [0.2, 0.25) is 15.9 Å². The molecule has 0 spiro atoms. The monoisotopic (exact) mass is 428 g/mol. The summed E-state index contributed by atoms with van der Waals surface area (Å²) in [6, 6.07) is 0.864. The fraction of sp³-hybridized carbons (Fsp3) is 0.667. The second-order valence-corrected chi connectivity index (χ2v) is 11.3. The average Bonchev–Trinajstić information content (AvgIpc) is 3.33. The zero-order valence-corrected chi connectivity index (χ0v) is 18.4. The highest BCUT2D eigenvalue weighted by atomic mass is 32.2. The molecule has 8 nitrogen and oxygen atoms in total. The molecule has 28 heavy (non-hydrogen) atoms. The third-order valence-electron chi connectivity index (χ3n) is 4.85. The summed E-state index contributed by atoms with van der Waals surface area (Å²) < 4.78 is 28.6. The average molecular weight is 429 g/mol. The first kappa shape index (κ1) is 21.2.